The van der Waals surface area contributed by atoms with E-state index in [4.69, 9.17) is 9.72 Å². The number of aromatic nitrogens is 1. The Morgan fingerprint density at radius 3 is 2.48 bits per heavy atom. The smallest absolute Gasteiger partial charge is 0.191 e. The molecule has 0 saturated carbocycles. The van der Waals surface area contributed by atoms with Gasteiger partial charge in [0.25, 0.3) is 0 Å². The number of hydrogen-bond donors (Lipinski definition) is 2. The van der Waals surface area contributed by atoms with Gasteiger partial charge in [0.1, 0.15) is 0 Å². The van der Waals surface area contributed by atoms with Gasteiger partial charge < -0.3 is 15.4 Å². The third-order valence-corrected chi connectivity index (χ3v) is 4.37. The normalized spacial score (nSPS) is 13.3. The molecule has 0 aromatic carbocycles. The molecule has 0 radical (unpaired) electrons. The number of ether oxygens (including phenoxy) is 1. The fraction of sp³-hybridized carbons (Fsp3) is 0.765. The van der Waals surface area contributed by atoms with Crippen LogP contribution >= 0.6 is 11.3 Å². The molecule has 0 spiro atoms. The van der Waals surface area contributed by atoms with Crippen LogP contribution < -0.4 is 10.6 Å². The maximum absolute atomic E-state index is 5.40. The summed E-state index contributed by atoms with van der Waals surface area (Å²) < 4.78 is 5.40. The van der Waals surface area contributed by atoms with Crippen LogP contribution in [0.25, 0.3) is 0 Å². The standard InChI is InChI=1S/C17H32N4OS/c1-8-18-15(20-12-17(5,6)22-7)19-10-9-14-21-13(11-23-14)16(2,3)4/h11H,8-10,12H2,1-7H3,(H2,18,19,20). The first-order chi connectivity index (χ1) is 10.7. The van der Waals surface area contributed by atoms with Gasteiger partial charge in [0, 0.05) is 37.4 Å². The molecule has 1 aromatic rings. The van der Waals surface area contributed by atoms with Gasteiger partial charge in [-0.3, -0.25) is 4.99 Å². The summed E-state index contributed by atoms with van der Waals surface area (Å²) in [6.45, 7) is 15.0. The minimum absolute atomic E-state index is 0.115. The topological polar surface area (TPSA) is 58.5 Å². The van der Waals surface area contributed by atoms with Crippen molar-refractivity contribution >= 4 is 17.3 Å². The van der Waals surface area contributed by atoms with Crippen molar-refractivity contribution in [2.24, 2.45) is 4.99 Å². The van der Waals surface area contributed by atoms with Crippen molar-refractivity contribution < 1.29 is 4.74 Å². The van der Waals surface area contributed by atoms with Gasteiger partial charge in [-0.15, -0.1) is 11.3 Å². The predicted molar refractivity (Wildman–Crippen MR) is 99.6 cm³/mol. The van der Waals surface area contributed by atoms with Crippen LogP contribution in [-0.4, -0.2) is 43.3 Å². The molecule has 0 unspecified atom stereocenters. The number of nitrogens with one attached hydrogen (secondary N) is 2. The highest BCUT2D eigenvalue weighted by Crippen LogP contribution is 2.23. The van der Waals surface area contributed by atoms with Gasteiger partial charge in [0.05, 0.1) is 22.8 Å². The maximum atomic E-state index is 5.40. The number of nitrogens with zero attached hydrogens (tertiary/aromatic N) is 2. The molecule has 0 amide bonds. The summed E-state index contributed by atoms with van der Waals surface area (Å²) in [5, 5.41) is 9.95. The Labute approximate surface area is 145 Å². The predicted octanol–water partition coefficient (Wildman–Crippen LogP) is 2.96. The summed E-state index contributed by atoms with van der Waals surface area (Å²) in [5.74, 6) is 0.824. The minimum Gasteiger partial charge on any atom is -0.377 e. The Bertz CT molecular complexity index is 503. The fourth-order valence-corrected chi connectivity index (χ4v) is 2.76. The Hall–Kier alpha value is -1.14. The summed E-state index contributed by atoms with van der Waals surface area (Å²) in [6, 6.07) is 0. The first kappa shape index (κ1) is 19.9. The SMILES string of the molecule is CCNC(=NCC(C)(C)OC)NCCc1nc(C(C)(C)C)cs1. The van der Waals surface area contributed by atoms with Crippen LogP contribution in [0, 0.1) is 0 Å². The van der Waals surface area contributed by atoms with Gasteiger partial charge in [-0.05, 0) is 20.8 Å². The Kier molecular flexibility index (Phi) is 7.48. The van der Waals surface area contributed by atoms with E-state index >= 15 is 0 Å². The molecule has 1 aromatic heterocycles. The van der Waals surface area contributed by atoms with Crippen LogP contribution in [0.2, 0.25) is 0 Å². The van der Waals surface area contributed by atoms with Crippen molar-refractivity contribution in [1.29, 1.82) is 0 Å². The van der Waals surface area contributed by atoms with Gasteiger partial charge in [-0.1, -0.05) is 20.8 Å². The maximum Gasteiger partial charge on any atom is 0.191 e. The molecule has 0 saturated heterocycles. The molecule has 6 heteroatoms. The van der Waals surface area contributed by atoms with Crippen molar-refractivity contribution in [3.63, 3.8) is 0 Å². The summed E-state index contributed by atoms with van der Waals surface area (Å²) in [4.78, 5) is 9.31. The molecule has 0 aliphatic carbocycles. The number of thiazole rings is 1. The second-order valence-corrected chi connectivity index (χ2v) is 8.15. The number of guanidine groups is 1. The monoisotopic (exact) mass is 340 g/mol. The van der Waals surface area contributed by atoms with E-state index in [0.29, 0.717) is 6.54 Å². The molecule has 2 N–H and O–H groups in total. The largest absolute Gasteiger partial charge is 0.377 e. The highest BCUT2D eigenvalue weighted by Gasteiger charge is 2.17. The molecule has 23 heavy (non-hydrogen) atoms. The zero-order valence-corrected chi connectivity index (χ0v) is 16.4. The minimum atomic E-state index is -0.251. The van der Waals surface area contributed by atoms with Crippen LogP contribution in [0.3, 0.4) is 0 Å². The van der Waals surface area contributed by atoms with Crippen molar-refractivity contribution in [1.82, 2.24) is 15.6 Å². The van der Waals surface area contributed by atoms with Crippen LogP contribution in [0.5, 0.6) is 0 Å². The average Bonchev–Trinajstić information content (AvgIpc) is 2.94. The highest BCUT2D eigenvalue weighted by molar-refractivity contribution is 7.09. The van der Waals surface area contributed by atoms with E-state index in [-0.39, 0.29) is 11.0 Å². The molecule has 0 atom stereocenters. The number of rotatable bonds is 7. The molecule has 0 fully saturated rings. The van der Waals surface area contributed by atoms with Gasteiger partial charge in [0.2, 0.25) is 0 Å². The molecule has 0 aliphatic heterocycles. The lowest BCUT2D eigenvalue weighted by atomic mass is 9.93. The third kappa shape index (κ3) is 7.31. The van der Waals surface area contributed by atoms with Crippen molar-refractivity contribution in [3.05, 3.63) is 16.1 Å². The number of aliphatic imine (C=N–C) groups is 1. The summed E-state index contributed by atoms with van der Waals surface area (Å²) >= 11 is 1.73. The Morgan fingerprint density at radius 2 is 1.96 bits per heavy atom. The first-order valence-electron chi connectivity index (χ1n) is 8.20. The second-order valence-electron chi connectivity index (χ2n) is 7.21. The Morgan fingerprint density at radius 1 is 1.26 bits per heavy atom. The van der Waals surface area contributed by atoms with Crippen molar-refractivity contribution in [3.8, 4) is 0 Å². The van der Waals surface area contributed by atoms with E-state index in [2.05, 4.69) is 48.7 Å². The molecule has 1 heterocycles. The highest BCUT2D eigenvalue weighted by atomic mass is 32.1. The summed E-state index contributed by atoms with van der Waals surface area (Å²) in [5.41, 5.74) is 1.03. The molecule has 132 valence electrons. The first-order valence-corrected chi connectivity index (χ1v) is 9.08. The van der Waals surface area contributed by atoms with Crippen LogP contribution in [0.15, 0.2) is 10.4 Å². The lowest BCUT2D eigenvalue weighted by molar-refractivity contribution is 0.0310. The van der Waals surface area contributed by atoms with Crippen LogP contribution in [0.4, 0.5) is 0 Å². The number of methoxy groups -OCH3 is 1. The second kappa shape index (κ2) is 8.64. The molecule has 0 aliphatic rings. The Balaban J connectivity index is 2.53. The lowest BCUT2D eigenvalue weighted by Gasteiger charge is -2.21. The van der Waals surface area contributed by atoms with E-state index in [9.17, 15) is 0 Å². The lowest BCUT2D eigenvalue weighted by Crippen LogP contribution is -2.40. The molecule has 0 bridgehead atoms. The van der Waals surface area contributed by atoms with E-state index in [1.807, 2.05) is 13.8 Å². The number of hydrogen-bond acceptors (Lipinski definition) is 4. The third-order valence-electron chi connectivity index (χ3n) is 3.47. The fourth-order valence-electron chi connectivity index (χ4n) is 1.73. The van der Waals surface area contributed by atoms with E-state index in [1.54, 1.807) is 18.4 Å². The quantitative estimate of drug-likeness (QED) is 0.592. The van der Waals surface area contributed by atoms with Gasteiger partial charge >= 0.3 is 0 Å². The van der Waals surface area contributed by atoms with E-state index in [0.717, 1.165) is 30.5 Å². The molecule has 1 rings (SSSR count). The molecular weight excluding hydrogens is 308 g/mol. The van der Waals surface area contributed by atoms with E-state index in [1.165, 1.54) is 5.69 Å². The van der Waals surface area contributed by atoms with Gasteiger partial charge in [-0.2, -0.15) is 0 Å². The van der Waals surface area contributed by atoms with Crippen molar-refractivity contribution in [2.75, 3.05) is 26.7 Å². The zero-order chi connectivity index (χ0) is 17.5. The summed E-state index contributed by atoms with van der Waals surface area (Å²) in [6.07, 6.45) is 0.902. The average molecular weight is 341 g/mol. The van der Waals surface area contributed by atoms with Gasteiger partial charge in [0.15, 0.2) is 5.96 Å². The van der Waals surface area contributed by atoms with E-state index < -0.39 is 0 Å². The molecular formula is C17H32N4OS. The summed E-state index contributed by atoms with van der Waals surface area (Å²) in [7, 11) is 1.71. The molecule has 5 nitrogen and oxygen atoms in total. The van der Waals surface area contributed by atoms with Crippen LogP contribution in [0.1, 0.15) is 52.2 Å². The zero-order valence-electron chi connectivity index (χ0n) is 15.6. The van der Waals surface area contributed by atoms with Crippen LogP contribution in [-0.2, 0) is 16.6 Å². The van der Waals surface area contributed by atoms with Crippen molar-refractivity contribution in [2.45, 2.75) is 59.0 Å². The van der Waals surface area contributed by atoms with Gasteiger partial charge in [-0.25, -0.2) is 4.98 Å².